The van der Waals surface area contributed by atoms with Crippen molar-refractivity contribution in [1.82, 2.24) is 9.78 Å². The monoisotopic (exact) mass is 420 g/mol. The van der Waals surface area contributed by atoms with Crippen LogP contribution in [0.3, 0.4) is 0 Å². The second-order valence-corrected chi connectivity index (χ2v) is 7.11. The Hall–Kier alpha value is -3.74. The van der Waals surface area contributed by atoms with Crippen molar-refractivity contribution in [1.29, 1.82) is 0 Å². The number of carbonyl (C=O) groups excluding carboxylic acids is 1. The third-order valence-corrected chi connectivity index (χ3v) is 5.27. The Labute approximate surface area is 180 Å². The Morgan fingerprint density at radius 1 is 1.10 bits per heavy atom. The van der Waals surface area contributed by atoms with Crippen molar-refractivity contribution in [2.45, 2.75) is 20.4 Å². The first kappa shape index (κ1) is 20.5. The second kappa shape index (κ2) is 8.18. The van der Waals surface area contributed by atoms with Crippen LogP contribution in [0.1, 0.15) is 28.4 Å². The van der Waals surface area contributed by atoms with Crippen LogP contribution in [0.2, 0.25) is 0 Å². The molecule has 2 aromatic carbocycles. The van der Waals surface area contributed by atoms with E-state index in [4.69, 9.17) is 18.6 Å². The van der Waals surface area contributed by atoms with Crippen LogP contribution in [0, 0.1) is 6.92 Å². The number of aryl methyl sites for hydroxylation is 2. The molecule has 0 aliphatic rings. The maximum absolute atomic E-state index is 13.8. The van der Waals surface area contributed by atoms with Gasteiger partial charge in [-0.15, -0.1) is 0 Å². The molecule has 2 aromatic heterocycles. The van der Waals surface area contributed by atoms with Gasteiger partial charge in [-0.1, -0.05) is 0 Å². The van der Waals surface area contributed by atoms with Crippen LogP contribution in [-0.2, 0) is 6.54 Å². The molecule has 0 saturated heterocycles. The van der Waals surface area contributed by atoms with E-state index in [0.29, 0.717) is 51.6 Å². The minimum atomic E-state index is -0.174. The highest BCUT2D eigenvalue weighted by atomic mass is 16.5. The third kappa shape index (κ3) is 3.52. The summed E-state index contributed by atoms with van der Waals surface area (Å²) in [5, 5.41) is 5.04. The molecule has 2 heterocycles. The molecule has 4 rings (SSSR count). The first-order valence-corrected chi connectivity index (χ1v) is 9.91. The van der Waals surface area contributed by atoms with Gasteiger partial charge in [0.25, 0.3) is 0 Å². The molecule has 4 aromatic rings. The molecule has 0 spiro atoms. The first-order chi connectivity index (χ1) is 15.0. The lowest BCUT2D eigenvalue weighted by molar-refractivity contribution is 0.103. The third-order valence-electron chi connectivity index (χ3n) is 5.27. The predicted octanol–water partition coefficient (Wildman–Crippen LogP) is 4.88. The largest absolute Gasteiger partial charge is 0.497 e. The fraction of sp³-hybridized carbons (Fsp3) is 0.250. The molecule has 0 amide bonds. The number of methoxy groups -OCH3 is 3. The molecule has 0 aliphatic carbocycles. The summed E-state index contributed by atoms with van der Waals surface area (Å²) in [5.74, 6) is 2.05. The lowest BCUT2D eigenvalue weighted by Gasteiger charge is -2.12. The Bertz CT molecular complexity index is 1270. The van der Waals surface area contributed by atoms with Crippen molar-refractivity contribution in [3.63, 3.8) is 0 Å². The molecule has 7 nitrogen and oxygen atoms in total. The molecular formula is C24H24N2O5. The van der Waals surface area contributed by atoms with E-state index in [1.807, 2.05) is 32.2 Å². The number of ether oxygens (including phenoxy) is 3. The molecule has 0 bridgehead atoms. The molecule has 0 radical (unpaired) electrons. The van der Waals surface area contributed by atoms with Gasteiger partial charge >= 0.3 is 0 Å². The number of ketones is 1. The Morgan fingerprint density at radius 2 is 1.90 bits per heavy atom. The van der Waals surface area contributed by atoms with E-state index in [1.54, 1.807) is 50.4 Å². The number of fused-ring (bicyclic) bond motifs is 1. The van der Waals surface area contributed by atoms with Crippen LogP contribution >= 0.6 is 0 Å². The fourth-order valence-corrected chi connectivity index (χ4v) is 3.72. The van der Waals surface area contributed by atoms with Gasteiger partial charge in [0.1, 0.15) is 17.1 Å². The molecule has 160 valence electrons. The van der Waals surface area contributed by atoms with Crippen molar-refractivity contribution in [3.8, 4) is 28.6 Å². The summed E-state index contributed by atoms with van der Waals surface area (Å²) in [6, 6.07) is 8.92. The highest BCUT2D eigenvalue weighted by Gasteiger charge is 2.26. The summed E-state index contributed by atoms with van der Waals surface area (Å²) in [4.78, 5) is 13.8. The summed E-state index contributed by atoms with van der Waals surface area (Å²) in [7, 11) is 4.72. The number of nitrogens with zero attached hydrogens (tertiary/aromatic N) is 2. The van der Waals surface area contributed by atoms with Crippen molar-refractivity contribution < 1.29 is 23.4 Å². The van der Waals surface area contributed by atoms with E-state index in [9.17, 15) is 4.79 Å². The summed E-state index contributed by atoms with van der Waals surface area (Å²) in [6.45, 7) is 4.59. The topological polar surface area (TPSA) is 75.7 Å². The van der Waals surface area contributed by atoms with E-state index in [2.05, 4.69) is 5.10 Å². The number of hydrogen-bond donors (Lipinski definition) is 0. The lowest BCUT2D eigenvalue weighted by Crippen LogP contribution is -2.05. The van der Waals surface area contributed by atoms with Gasteiger partial charge in [0.15, 0.2) is 17.3 Å². The lowest BCUT2D eigenvalue weighted by atomic mass is 9.96. The zero-order valence-corrected chi connectivity index (χ0v) is 18.2. The normalized spacial score (nSPS) is 11.0. The van der Waals surface area contributed by atoms with Crippen molar-refractivity contribution >= 4 is 16.8 Å². The van der Waals surface area contributed by atoms with Gasteiger partial charge < -0.3 is 18.6 Å². The van der Waals surface area contributed by atoms with Gasteiger partial charge in [-0.3, -0.25) is 9.48 Å². The molecule has 0 fully saturated rings. The van der Waals surface area contributed by atoms with Gasteiger partial charge in [-0.2, -0.15) is 5.10 Å². The zero-order valence-electron chi connectivity index (χ0n) is 18.2. The molecule has 0 atom stereocenters. The minimum Gasteiger partial charge on any atom is -0.497 e. The number of aromatic nitrogens is 2. The average Bonchev–Trinajstić information content (AvgIpc) is 3.41. The Morgan fingerprint density at radius 3 is 2.55 bits per heavy atom. The molecule has 7 heteroatoms. The molecule has 0 aliphatic heterocycles. The summed E-state index contributed by atoms with van der Waals surface area (Å²) < 4.78 is 24.1. The van der Waals surface area contributed by atoms with E-state index < -0.39 is 0 Å². The minimum absolute atomic E-state index is 0.174. The van der Waals surface area contributed by atoms with E-state index >= 15 is 0 Å². The van der Waals surface area contributed by atoms with E-state index in [1.165, 1.54) is 0 Å². The Kier molecular flexibility index (Phi) is 5.42. The number of rotatable bonds is 7. The molecule has 31 heavy (non-hydrogen) atoms. The Balaban J connectivity index is 1.94. The van der Waals surface area contributed by atoms with Crippen LogP contribution < -0.4 is 14.2 Å². The van der Waals surface area contributed by atoms with Crippen LogP contribution in [0.4, 0.5) is 0 Å². The maximum atomic E-state index is 13.8. The van der Waals surface area contributed by atoms with E-state index in [-0.39, 0.29) is 5.78 Å². The summed E-state index contributed by atoms with van der Waals surface area (Å²) >= 11 is 0. The molecule has 0 N–H and O–H groups in total. The number of hydrogen-bond acceptors (Lipinski definition) is 6. The fourth-order valence-electron chi connectivity index (χ4n) is 3.72. The molecule has 0 saturated carbocycles. The van der Waals surface area contributed by atoms with Crippen molar-refractivity contribution in [3.05, 3.63) is 59.4 Å². The van der Waals surface area contributed by atoms with Crippen LogP contribution in [0.5, 0.6) is 17.2 Å². The SMILES string of the molecule is CCn1cc(-c2oc3cc(OC)ccc3c2C(=O)c2cc(C)c(OC)c(OC)c2)cn1. The van der Waals surface area contributed by atoms with E-state index in [0.717, 1.165) is 11.1 Å². The standard InChI is InChI=1S/C24H24N2O5/c1-6-26-13-16(12-25-26)24-21(18-8-7-17(28-3)11-19(18)31-24)22(27)15-9-14(2)23(30-5)20(10-15)29-4/h7-13H,6H2,1-5H3. The molecular weight excluding hydrogens is 396 g/mol. The van der Waals surface area contributed by atoms with Crippen LogP contribution in [0.15, 0.2) is 47.1 Å². The predicted molar refractivity (Wildman–Crippen MR) is 117 cm³/mol. The smallest absolute Gasteiger partial charge is 0.197 e. The number of carbonyl (C=O) groups is 1. The van der Waals surface area contributed by atoms with Crippen molar-refractivity contribution in [2.75, 3.05) is 21.3 Å². The average molecular weight is 420 g/mol. The summed E-state index contributed by atoms with van der Waals surface area (Å²) in [5.41, 5.74) is 3.06. The first-order valence-electron chi connectivity index (χ1n) is 9.91. The zero-order chi connectivity index (χ0) is 22.1. The molecule has 0 unspecified atom stereocenters. The second-order valence-electron chi connectivity index (χ2n) is 7.11. The van der Waals surface area contributed by atoms with Gasteiger partial charge in [-0.05, 0) is 43.7 Å². The van der Waals surface area contributed by atoms with Gasteiger partial charge in [0.05, 0.1) is 38.7 Å². The maximum Gasteiger partial charge on any atom is 0.197 e. The van der Waals surface area contributed by atoms with Crippen molar-refractivity contribution in [2.24, 2.45) is 0 Å². The summed E-state index contributed by atoms with van der Waals surface area (Å²) in [6.07, 6.45) is 3.57. The number of benzene rings is 2. The van der Waals surface area contributed by atoms with Gasteiger partial charge in [0.2, 0.25) is 0 Å². The number of furan rings is 1. The van der Waals surface area contributed by atoms with Crippen LogP contribution in [0.25, 0.3) is 22.3 Å². The highest BCUT2D eigenvalue weighted by Crippen LogP contribution is 2.38. The van der Waals surface area contributed by atoms with Crippen LogP contribution in [-0.4, -0.2) is 36.9 Å². The van der Waals surface area contributed by atoms with Gasteiger partial charge in [0, 0.05) is 29.8 Å². The quantitative estimate of drug-likeness (QED) is 0.397. The highest BCUT2D eigenvalue weighted by molar-refractivity contribution is 6.20. The van der Waals surface area contributed by atoms with Gasteiger partial charge in [-0.25, -0.2) is 0 Å².